The highest BCUT2D eigenvalue weighted by Gasteiger charge is 2.23. The lowest BCUT2D eigenvalue weighted by molar-refractivity contribution is -0.0588. The van der Waals surface area contributed by atoms with Gasteiger partial charge in [0.1, 0.15) is 0 Å². The third-order valence-corrected chi connectivity index (χ3v) is 5.15. The fourth-order valence-corrected chi connectivity index (χ4v) is 3.80. The van der Waals surface area contributed by atoms with E-state index in [-0.39, 0.29) is 6.10 Å². The number of halogens is 1. The molecule has 0 amide bonds. The molecule has 1 saturated carbocycles. The molecule has 122 valence electrons. The summed E-state index contributed by atoms with van der Waals surface area (Å²) in [5.74, 6) is 0. The lowest BCUT2D eigenvalue weighted by atomic mass is 9.97. The fraction of sp³-hybridized carbons (Fsp3) is 0.667. The predicted molar refractivity (Wildman–Crippen MR) is 92.1 cm³/mol. The molecule has 0 radical (unpaired) electrons. The summed E-state index contributed by atoms with van der Waals surface area (Å²) in [5.41, 5.74) is 1.28. The van der Waals surface area contributed by atoms with Crippen LogP contribution in [-0.2, 0) is 9.47 Å². The molecule has 0 aromatic heterocycles. The van der Waals surface area contributed by atoms with Crippen molar-refractivity contribution >= 4 is 15.9 Å². The second kappa shape index (κ2) is 8.44. The molecule has 1 aliphatic carbocycles. The Bertz CT molecular complexity index is 436. The SMILES string of the molecule is Brc1cccc(C(CN2CCOCC2)OC2CCCCC2)c1. The van der Waals surface area contributed by atoms with E-state index in [9.17, 15) is 0 Å². The minimum atomic E-state index is 0.165. The first-order valence-corrected chi connectivity index (χ1v) is 9.31. The Balaban J connectivity index is 1.68. The second-order valence-corrected chi connectivity index (χ2v) is 7.27. The number of benzene rings is 1. The maximum absolute atomic E-state index is 6.53. The molecule has 0 spiro atoms. The molecule has 2 aliphatic rings. The Hall–Kier alpha value is -0.420. The molecule has 1 heterocycles. The minimum absolute atomic E-state index is 0.165. The summed E-state index contributed by atoms with van der Waals surface area (Å²) in [6.45, 7) is 4.68. The highest BCUT2D eigenvalue weighted by Crippen LogP contribution is 2.29. The van der Waals surface area contributed by atoms with Crippen LogP contribution in [0.2, 0.25) is 0 Å². The molecule has 1 atom stereocenters. The molecule has 1 aliphatic heterocycles. The van der Waals surface area contributed by atoms with E-state index in [1.165, 1.54) is 37.7 Å². The van der Waals surface area contributed by atoms with Crippen LogP contribution in [0.4, 0.5) is 0 Å². The lowest BCUT2D eigenvalue weighted by Gasteiger charge is -2.33. The van der Waals surface area contributed by atoms with Crippen LogP contribution < -0.4 is 0 Å². The highest BCUT2D eigenvalue weighted by atomic mass is 79.9. The molecule has 22 heavy (non-hydrogen) atoms. The quantitative estimate of drug-likeness (QED) is 0.779. The Morgan fingerprint density at radius 1 is 1.18 bits per heavy atom. The van der Waals surface area contributed by atoms with Crippen molar-refractivity contribution in [2.45, 2.75) is 44.3 Å². The van der Waals surface area contributed by atoms with Gasteiger partial charge in [-0.25, -0.2) is 0 Å². The van der Waals surface area contributed by atoms with Gasteiger partial charge in [-0.3, -0.25) is 4.90 Å². The second-order valence-electron chi connectivity index (χ2n) is 6.35. The Morgan fingerprint density at radius 3 is 2.68 bits per heavy atom. The van der Waals surface area contributed by atoms with Gasteiger partial charge in [0.25, 0.3) is 0 Å². The number of morpholine rings is 1. The Kier molecular flexibility index (Phi) is 6.30. The molecule has 2 fully saturated rings. The van der Waals surface area contributed by atoms with E-state index < -0.39 is 0 Å². The summed E-state index contributed by atoms with van der Waals surface area (Å²) in [6, 6.07) is 8.58. The first kappa shape index (κ1) is 16.4. The Morgan fingerprint density at radius 2 is 1.95 bits per heavy atom. The number of hydrogen-bond acceptors (Lipinski definition) is 3. The van der Waals surface area contributed by atoms with Crippen LogP contribution in [0.5, 0.6) is 0 Å². The molecule has 4 heteroatoms. The average Bonchev–Trinajstić information content (AvgIpc) is 2.56. The fourth-order valence-electron chi connectivity index (χ4n) is 3.39. The van der Waals surface area contributed by atoms with E-state index in [1.54, 1.807) is 0 Å². The van der Waals surface area contributed by atoms with Gasteiger partial charge < -0.3 is 9.47 Å². The summed E-state index contributed by atoms with van der Waals surface area (Å²) >= 11 is 3.59. The zero-order valence-electron chi connectivity index (χ0n) is 13.2. The van der Waals surface area contributed by atoms with E-state index in [0.29, 0.717) is 6.10 Å². The molecular weight excluding hydrogens is 342 g/mol. The number of hydrogen-bond donors (Lipinski definition) is 0. The average molecular weight is 368 g/mol. The summed E-state index contributed by atoms with van der Waals surface area (Å²) < 4.78 is 13.1. The first-order valence-electron chi connectivity index (χ1n) is 8.52. The minimum Gasteiger partial charge on any atom is -0.379 e. The summed E-state index contributed by atoms with van der Waals surface area (Å²) in [5, 5.41) is 0. The van der Waals surface area contributed by atoms with Gasteiger partial charge in [0.15, 0.2) is 0 Å². The maximum Gasteiger partial charge on any atom is 0.0955 e. The van der Waals surface area contributed by atoms with Crippen molar-refractivity contribution in [3.63, 3.8) is 0 Å². The monoisotopic (exact) mass is 367 g/mol. The van der Waals surface area contributed by atoms with E-state index in [1.807, 2.05) is 0 Å². The van der Waals surface area contributed by atoms with Crippen LogP contribution in [0.3, 0.4) is 0 Å². The molecular formula is C18H26BrNO2. The van der Waals surface area contributed by atoms with Crippen molar-refractivity contribution in [3.8, 4) is 0 Å². The van der Waals surface area contributed by atoms with E-state index >= 15 is 0 Å². The van der Waals surface area contributed by atoms with Gasteiger partial charge >= 0.3 is 0 Å². The van der Waals surface area contributed by atoms with Crippen LogP contribution >= 0.6 is 15.9 Å². The topological polar surface area (TPSA) is 21.7 Å². The Labute approximate surface area is 142 Å². The summed E-state index contributed by atoms with van der Waals surface area (Å²) in [7, 11) is 0. The number of ether oxygens (including phenoxy) is 2. The number of nitrogens with zero attached hydrogens (tertiary/aromatic N) is 1. The zero-order valence-corrected chi connectivity index (χ0v) is 14.8. The smallest absolute Gasteiger partial charge is 0.0955 e. The van der Waals surface area contributed by atoms with Crippen LogP contribution in [0.25, 0.3) is 0 Å². The number of rotatable bonds is 5. The van der Waals surface area contributed by atoms with Gasteiger partial charge in [-0.05, 0) is 30.5 Å². The highest BCUT2D eigenvalue weighted by molar-refractivity contribution is 9.10. The molecule has 0 N–H and O–H groups in total. The zero-order chi connectivity index (χ0) is 15.2. The van der Waals surface area contributed by atoms with E-state index in [0.717, 1.165) is 37.3 Å². The third-order valence-electron chi connectivity index (χ3n) is 4.66. The van der Waals surface area contributed by atoms with E-state index in [4.69, 9.17) is 9.47 Å². The van der Waals surface area contributed by atoms with Crippen LogP contribution in [-0.4, -0.2) is 43.9 Å². The molecule has 1 aromatic carbocycles. The van der Waals surface area contributed by atoms with Crippen molar-refractivity contribution < 1.29 is 9.47 Å². The molecule has 1 saturated heterocycles. The maximum atomic E-state index is 6.53. The summed E-state index contributed by atoms with van der Waals surface area (Å²) in [6.07, 6.45) is 7.02. The van der Waals surface area contributed by atoms with Crippen molar-refractivity contribution in [1.29, 1.82) is 0 Å². The molecule has 3 rings (SSSR count). The van der Waals surface area contributed by atoms with Gasteiger partial charge in [0.05, 0.1) is 25.4 Å². The van der Waals surface area contributed by atoms with Crippen molar-refractivity contribution in [2.75, 3.05) is 32.8 Å². The van der Waals surface area contributed by atoms with Gasteiger partial charge in [-0.15, -0.1) is 0 Å². The van der Waals surface area contributed by atoms with Gasteiger partial charge in [-0.1, -0.05) is 47.3 Å². The molecule has 0 bridgehead atoms. The third kappa shape index (κ3) is 4.79. The van der Waals surface area contributed by atoms with Gasteiger partial charge in [0.2, 0.25) is 0 Å². The summed E-state index contributed by atoms with van der Waals surface area (Å²) in [4.78, 5) is 2.47. The van der Waals surface area contributed by atoms with Crippen LogP contribution in [0.15, 0.2) is 28.7 Å². The lowest BCUT2D eigenvalue weighted by Crippen LogP contribution is -2.40. The normalized spacial score (nSPS) is 22.6. The predicted octanol–water partition coefficient (Wildman–Crippen LogP) is 4.17. The van der Waals surface area contributed by atoms with Crippen LogP contribution in [0, 0.1) is 0 Å². The first-order chi connectivity index (χ1) is 10.8. The molecule has 1 unspecified atom stereocenters. The van der Waals surface area contributed by atoms with Crippen LogP contribution in [0.1, 0.15) is 43.8 Å². The molecule has 3 nitrogen and oxygen atoms in total. The molecule has 1 aromatic rings. The standard InChI is InChI=1S/C18H26BrNO2/c19-16-6-4-5-15(13-16)18(14-20-9-11-21-12-10-20)22-17-7-2-1-3-8-17/h4-6,13,17-18H,1-3,7-12,14H2. The largest absolute Gasteiger partial charge is 0.379 e. The van der Waals surface area contributed by atoms with Crippen molar-refractivity contribution in [3.05, 3.63) is 34.3 Å². The van der Waals surface area contributed by atoms with Crippen molar-refractivity contribution in [2.24, 2.45) is 0 Å². The van der Waals surface area contributed by atoms with Crippen molar-refractivity contribution in [1.82, 2.24) is 4.90 Å². The van der Waals surface area contributed by atoms with E-state index in [2.05, 4.69) is 45.1 Å². The van der Waals surface area contributed by atoms with Gasteiger partial charge in [-0.2, -0.15) is 0 Å². The van der Waals surface area contributed by atoms with Gasteiger partial charge in [0, 0.05) is 24.1 Å².